The van der Waals surface area contributed by atoms with Crippen LogP contribution in [0.3, 0.4) is 0 Å². The number of carbonyl (C=O) groups is 1. The van der Waals surface area contributed by atoms with Gasteiger partial charge in [0.15, 0.2) is 5.69 Å². The van der Waals surface area contributed by atoms with Crippen molar-refractivity contribution in [1.29, 1.82) is 0 Å². The average molecular weight is 552 g/mol. The van der Waals surface area contributed by atoms with Crippen molar-refractivity contribution in [3.63, 3.8) is 0 Å². The van der Waals surface area contributed by atoms with Crippen LogP contribution < -0.4 is 10.3 Å². The van der Waals surface area contributed by atoms with Gasteiger partial charge in [-0.1, -0.05) is 12.1 Å². The van der Waals surface area contributed by atoms with Gasteiger partial charge in [-0.25, -0.2) is 13.7 Å². The fourth-order valence-corrected chi connectivity index (χ4v) is 4.23. The molecule has 0 radical (unpaired) electrons. The number of hydrogen-bond acceptors (Lipinski definition) is 6. The SMILES string of the molecule is O=C(NCc1ccc(N2CCN(S(=O)(=O)C(F)(F)F)C=N2)c(F)c1)c1c(C(F)(F)F)nc2ccccn12. The number of sulfonamides is 1. The summed E-state index contributed by atoms with van der Waals surface area (Å²) in [7, 11) is -5.64. The van der Waals surface area contributed by atoms with Crippen LogP contribution in [-0.4, -0.2) is 53.0 Å². The highest BCUT2D eigenvalue weighted by molar-refractivity contribution is 7.90. The largest absolute Gasteiger partial charge is 0.516 e. The van der Waals surface area contributed by atoms with Gasteiger partial charge in [-0.2, -0.15) is 39.9 Å². The summed E-state index contributed by atoms with van der Waals surface area (Å²) in [6.07, 6.45) is -3.26. The van der Waals surface area contributed by atoms with Crippen LogP contribution in [0.5, 0.6) is 0 Å². The van der Waals surface area contributed by atoms with Gasteiger partial charge in [0.25, 0.3) is 5.91 Å². The van der Waals surface area contributed by atoms with Gasteiger partial charge in [-0.05, 0) is 29.8 Å². The Kier molecular flexibility index (Phi) is 6.51. The Morgan fingerprint density at radius 1 is 1.05 bits per heavy atom. The normalized spacial score (nSPS) is 14.9. The van der Waals surface area contributed by atoms with Crippen molar-refractivity contribution < 1.29 is 43.9 Å². The minimum absolute atomic E-state index is 0.0132. The molecule has 4 rings (SSSR count). The van der Waals surface area contributed by atoms with E-state index in [1.807, 2.05) is 0 Å². The van der Waals surface area contributed by atoms with E-state index in [-0.39, 0.29) is 27.7 Å². The molecule has 2 aromatic heterocycles. The Morgan fingerprint density at radius 2 is 1.78 bits per heavy atom. The van der Waals surface area contributed by atoms with Crippen LogP contribution in [0.25, 0.3) is 5.65 Å². The molecule has 1 N–H and O–H groups in total. The van der Waals surface area contributed by atoms with E-state index in [4.69, 9.17) is 0 Å². The summed E-state index contributed by atoms with van der Waals surface area (Å²) in [6.45, 7) is -1.41. The first kappa shape index (κ1) is 26.2. The number of carbonyl (C=O) groups excluding carboxylic acids is 1. The van der Waals surface area contributed by atoms with E-state index in [1.165, 1.54) is 36.5 Å². The second-order valence-electron chi connectivity index (χ2n) is 7.62. The molecule has 0 atom stereocenters. The van der Waals surface area contributed by atoms with Gasteiger partial charge in [0.1, 0.15) is 23.5 Å². The summed E-state index contributed by atoms with van der Waals surface area (Å²) >= 11 is 0. The number of pyridine rings is 1. The van der Waals surface area contributed by atoms with Crippen LogP contribution in [-0.2, 0) is 22.7 Å². The number of amides is 1. The van der Waals surface area contributed by atoms with Crippen molar-refractivity contribution in [2.45, 2.75) is 18.2 Å². The summed E-state index contributed by atoms with van der Waals surface area (Å²) in [5.41, 5.74) is -7.80. The third-order valence-electron chi connectivity index (χ3n) is 5.21. The van der Waals surface area contributed by atoms with Crippen LogP contribution in [0.15, 0.2) is 47.7 Å². The highest BCUT2D eigenvalue weighted by Gasteiger charge is 2.50. The molecule has 3 aromatic rings. The zero-order chi connectivity index (χ0) is 27.2. The van der Waals surface area contributed by atoms with E-state index in [0.717, 1.165) is 15.5 Å². The van der Waals surface area contributed by atoms with Crippen molar-refractivity contribution in [2.24, 2.45) is 5.10 Å². The molecular formula is C20H15F7N6O3S. The maximum absolute atomic E-state index is 14.7. The van der Waals surface area contributed by atoms with E-state index in [0.29, 0.717) is 6.34 Å². The Labute approximate surface area is 203 Å². The van der Waals surface area contributed by atoms with Gasteiger partial charge in [0.05, 0.1) is 18.8 Å². The number of anilines is 1. The minimum atomic E-state index is -5.64. The third-order valence-corrected chi connectivity index (χ3v) is 6.69. The molecule has 0 saturated carbocycles. The van der Waals surface area contributed by atoms with Crippen molar-refractivity contribution in [2.75, 3.05) is 18.1 Å². The smallest absolute Gasteiger partial charge is 0.347 e. The Balaban J connectivity index is 1.49. The van der Waals surface area contributed by atoms with Crippen molar-refractivity contribution in [3.8, 4) is 0 Å². The van der Waals surface area contributed by atoms with E-state index in [2.05, 4.69) is 15.4 Å². The quantitative estimate of drug-likeness (QED) is 0.490. The van der Waals surface area contributed by atoms with Crippen molar-refractivity contribution >= 4 is 33.6 Å². The van der Waals surface area contributed by atoms with Gasteiger partial charge >= 0.3 is 21.7 Å². The second kappa shape index (κ2) is 9.20. The number of hydrazone groups is 1. The number of halogens is 7. The van der Waals surface area contributed by atoms with Crippen LogP contribution >= 0.6 is 0 Å². The molecule has 1 amide bonds. The standard InChI is InChI=1S/C20H15F7N6O3S/c21-13-9-12(4-5-14(13)33-8-7-31(11-29-33)37(35,36)20(25,26)27)10-28-18(34)16-17(19(22,23)24)30-15-3-1-2-6-32(15)16/h1-6,9,11H,7-8,10H2,(H,28,34). The number of rotatable bonds is 5. The molecule has 37 heavy (non-hydrogen) atoms. The van der Waals surface area contributed by atoms with E-state index in [9.17, 15) is 43.9 Å². The van der Waals surface area contributed by atoms with Gasteiger partial charge in [-0.15, -0.1) is 0 Å². The number of fused-ring (bicyclic) bond motifs is 1. The maximum Gasteiger partial charge on any atom is 0.516 e. The lowest BCUT2D eigenvalue weighted by Crippen LogP contribution is -2.46. The van der Waals surface area contributed by atoms with Gasteiger partial charge in [-0.3, -0.25) is 14.2 Å². The third kappa shape index (κ3) is 5.03. The number of aromatic nitrogens is 2. The predicted molar refractivity (Wildman–Crippen MR) is 115 cm³/mol. The Hall–Kier alpha value is -3.89. The first-order valence-electron chi connectivity index (χ1n) is 10.2. The first-order chi connectivity index (χ1) is 17.2. The van der Waals surface area contributed by atoms with Gasteiger partial charge in [0.2, 0.25) is 0 Å². The molecule has 3 heterocycles. The van der Waals surface area contributed by atoms with Crippen LogP contribution in [0.4, 0.5) is 36.4 Å². The van der Waals surface area contributed by atoms with Crippen molar-refractivity contribution in [3.05, 3.63) is 65.4 Å². The number of hydrogen-bond donors (Lipinski definition) is 1. The molecule has 0 unspecified atom stereocenters. The molecule has 9 nitrogen and oxygen atoms in total. The van der Waals surface area contributed by atoms with Crippen LogP contribution in [0.2, 0.25) is 0 Å². The monoisotopic (exact) mass is 552 g/mol. The van der Waals surface area contributed by atoms with Crippen LogP contribution in [0, 0.1) is 5.82 Å². The number of imidazole rings is 1. The van der Waals surface area contributed by atoms with Crippen LogP contribution in [0.1, 0.15) is 21.7 Å². The zero-order valence-electron chi connectivity index (χ0n) is 18.3. The molecule has 0 spiro atoms. The molecule has 17 heteroatoms. The lowest BCUT2D eigenvalue weighted by molar-refractivity contribution is -0.141. The van der Waals surface area contributed by atoms with Gasteiger partial charge < -0.3 is 5.32 Å². The molecule has 0 aliphatic carbocycles. The first-order valence-corrected chi connectivity index (χ1v) is 11.6. The fraction of sp³-hybridized carbons (Fsp3) is 0.250. The average Bonchev–Trinajstić information content (AvgIpc) is 3.22. The summed E-state index contributed by atoms with van der Waals surface area (Å²) in [5, 5.41) is 6.77. The fourth-order valence-electron chi connectivity index (χ4n) is 3.47. The molecular weight excluding hydrogens is 537 g/mol. The molecule has 0 fully saturated rings. The number of benzene rings is 1. The van der Waals surface area contributed by atoms with Gasteiger partial charge in [0, 0.05) is 12.7 Å². The lowest BCUT2D eigenvalue weighted by atomic mass is 10.2. The summed E-state index contributed by atoms with van der Waals surface area (Å²) in [5.74, 6) is -2.02. The molecule has 198 valence electrons. The molecule has 1 aromatic carbocycles. The maximum atomic E-state index is 14.7. The highest BCUT2D eigenvalue weighted by atomic mass is 32.2. The molecule has 0 bridgehead atoms. The zero-order valence-corrected chi connectivity index (χ0v) is 19.1. The topological polar surface area (TPSA) is 99.4 Å². The summed E-state index contributed by atoms with van der Waals surface area (Å²) < 4.78 is 117. The minimum Gasteiger partial charge on any atom is -0.347 e. The van der Waals surface area contributed by atoms with Crippen molar-refractivity contribution in [1.82, 2.24) is 19.0 Å². The second-order valence-corrected chi connectivity index (χ2v) is 9.50. The number of nitrogens with zero attached hydrogens (tertiary/aromatic N) is 5. The Bertz CT molecular complexity index is 1480. The predicted octanol–water partition coefficient (Wildman–Crippen LogP) is 3.34. The lowest BCUT2D eigenvalue weighted by Gasteiger charge is -2.29. The number of nitrogens with one attached hydrogen (secondary N) is 1. The highest BCUT2D eigenvalue weighted by Crippen LogP contribution is 2.32. The van der Waals surface area contributed by atoms with E-state index < -0.39 is 57.9 Å². The molecule has 1 aliphatic heterocycles. The van der Waals surface area contributed by atoms with E-state index >= 15 is 0 Å². The summed E-state index contributed by atoms with van der Waals surface area (Å²) in [6, 6.07) is 7.60. The Morgan fingerprint density at radius 3 is 2.38 bits per heavy atom. The summed E-state index contributed by atoms with van der Waals surface area (Å²) in [4.78, 5) is 16.1. The molecule has 0 saturated heterocycles. The van der Waals surface area contributed by atoms with E-state index in [1.54, 1.807) is 0 Å². The number of alkyl halides is 6. The molecule has 1 aliphatic rings.